The molecule has 1 aliphatic heterocycles. The van der Waals surface area contributed by atoms with Gasteiger partial charge in [0, 0.05) is 13.1 Å². The Morgan fingerprint density at radius 2 is 1.90 bits per heavy atom. The molecule has 1 aromatic carbocycles. The zero-order valence-electron chi connectivity index (χ0n) is 11.5. The highest BCUT2D eigenvalue weighted by Gasteiger charge is 2.36. The first-order chi connectivity index (χ1) is 9.82. The lowest BCUT2D eigenvalue weighted by molar-refractivity contribution is 0.232. The molecule has 0 N–H and O–H groups in total. The third-order valence-corrected chi connectivity index (χ3v) is 6.15. The zero-order chi connectivity index (χ0) is 15.7. The second-order valence-corrected chi connectivity index (χ2v) is 7.65. The summed E-state index contributed by atoms with van der Waals surface area (Å²) in [4.78, 5) is -0.0521. The second-order valence-electron chi connectivity index (χ2n) is 5.33. The summed E-state index contributed by atoms with van der Waals surface area (Å²) in [5.74, 6) is 0. The van der Waals surface area contributed by atoms with Crippen LogP contribution in [0.5, 0.6) is 0 Å². The molecule has 0 saturated carbocycles. The normalized spacial score (nSPS) is 18.7. The number of hydrogen-bond acceptors (Lipinski definition) is 4. The van der Waals surface area contributed by atoms with Crippen molar-refractivity contribution in [3.8, 4) is 12.1 Å². The van der Waals surface area contributed by atoms with Gasteiger partial charge in [0.2, 0.25) is 10.0 Å². The summed E-state index contributed by atoms with van der Waals surface area (Å²) in [6.45, 7) is 2.39. The van der Waals surface area contributed by atoms with E-state index in [1.165, 1.54) is 22.5 Å². The smallest absolute Gasteiger partial charge is 0.207 e. The van der Waals surface area contributed by atoms with Crippen molar-refractivity contribution >= 4 is 21.6 Å². The van der Waals surface area contributed by atoms with Gasteiger partial charge < -0.3 is 0 Å². The van der Waals surface area contributed by atoms with Crippen LogP contribution in [0.15, 0.2) is 23.1 Å². The second kappa shape index (κ2) is 5.65. The average Bonchev–Trinajstić information content (AvgIpc) is 2.48. The quantitative estimate of drug-likeness (QED) is 0.837. The molecule has 0 amide bonds. The minimum atomic E-state index is -3.74. The molecule has 5 nitrogen and oxygen atoms in total. The van der Waals surface area contributed by atoms with Crippen LogP contribution in [-0.2, 0) is 10.0 Å². The number of rotatable bonds is 2. The third kappa shape index (κ3) is 3.03. The first-order valence-electron chi connectivity index (χ1n) is 6.43. The van der Waals surface area contributed by atoms with Crippen LogP contribution in [0.3, 0.4) is 0 Å². The van der Waals surface area contributed by atoms with Crippen molar-refractivity contribution in [3.05, 3.63) is 28.8 Å². The average molecular weight is 324 g/mol. The van der Waals surface area contributed by atoms with Crippen molar-refractivity contribution < 1.29 is 8.42 Å². The molecule has 1 heterocycles. The maximum Gasteiger partial charge on any atom is 0.244 e. The van der Waals surface area contributed by atoms with Gasteiger partial charge in [-0.15, -0.1) is 0 Å². The van der Waals surface area contributed by atoms with Gasteiger partial charge in [0.1, 0.15) is 4.90 Å². The van der Waals surface area contributed by atoms with Crippen molar-refractivity contribution in [2.24, 2.45) is 5.41 Å². The van der Waals surface area contributed by atoms with Crippen LogP contribution in [0.4, 0.5) is 0 Å². The van der Waals surface area contributed by atoms with E-state index < -0.39 is 15.4 Å². The summed E-state index contributed by atoms with van der Waals surface area (Å²) in [6, 6.07) is 8.32. The summed E-state index contributed by atoms with van der Waals surface area (Å²) in [5.41, 5.74) is -0.235. The Bertz CT molecular complexity index is 738. The zero-order valence-corrected chi connectivity index (χ0v) is 13.1. The Hall–Kier alpha value is -1.60. The van der Waals surface area contributed by atoms with Crippen molar-refractivity contribution in [3.63, 3.8) is 0 Å². The highest BCUT2D eigenvalue weighted by molar-refractivity contribution is 7.89. The minimum absolute atomic E-state index is 0.0521. The van der Waals surface area contributed by atoms with Crippen molar-refractivity contribution in [1.82, 2.24) is 4.31 Å². The van der Waals surface area contributed by atoms with Gasteiger partial charge in [-0.25, -0.2) is 8.42 Å². The first kappa shape index (κ1) is 15.8. The molecule has 7 heteroatoms. The molecule has 0 atom stereocenters. The fourth-order valence-corrected chi connectivity index (χ4v) is 4.18. The molecule has 0 unspecified atom stereocenters. The van der Waals surface area contributed by atoms with Gasteiger partial charge in [-0.1, -0.05) is 11.6 Å². The minimum Gasteiger partial charge on any atom is -0.207 e. The Morgan fingerprint density at radius 3 is 2.43 bits per heavy atom. The summed E-state index contributed by atoms with van der Waals surface area (Å²) < 4.78 is 26.6. The summed E-state index contributed by atoms with van der Waals surface area (Å²) in [7, 11) is -3.74. The van der Waals surface area contributed by atoms with Crippen LogP contribution in [0, 0.1) is 28.1 Å². The van der Waals surface area contributed by atoms with Gasteiger partial charge in [0.05, 0.1) is 28.1 Å². The molecule has 0 aliphatic carbocycles. The Balaban J connectivity index is 2.33. The van der Waals surface area contributed by atoms with Crippen molar-refractivity contribution in [2.75, 3.05) is 13.1 Å². The highest BCUT2D eigenvalue weighted by atomic mass is 35.5. The molecular weight excluding hydrogens is 310 g/mol. The van der Waals surface area contributed by atoms with E-state index in [1.54, 1.807) is 0 Å². The van der Waals surface area contributed by atoms with E-state index in [0.29, 0.717) is 12.8 Å². The van der Waals surface area contributed by atoms with Gasteiger partial charge in [-0.2, -0.15) is 14.8 Å². The molecule has 0 spiro atoms. The van der Waals surface area contributed by atoms with E-state index in [4.69, 9.17) is 22.1 Å². The number of nitriles is 2. The Labute approximate surface area is 129 Å². The van der Waals surface area contributed by atoms with E-state index >= 15 is 0 Å². The maximum absolute atomic E-state index is 12.6. The molecular formula is C14H14ClN3O2S. The molecule has 0 aromatic heterocycles. The molecule has 1 aromatic rings. The van der Waals surface area contributed by atoms with Gasteiger partial charge in [-0.05, 0) is 38.0 Å². The lowest BCUT2D eigenvalue weighted by Gasteiger charge is -2.34. The first-order valence-corrected chi connectivity index (χ1v) is 8.25. The molecule has 21 heavy (non-hydrogen) atoms. The standard InChI is InChI=1S/C14H14ClN3O2S/c1-14(10-17)4-6-18(7-5-14)21(19,20)13-8-11(9-16)2-3-12(13)15/h2-3,8H,4-7H2,1H3. The van der Waals surface area contributed by atoms with E-state index in [-0.39, 0.29) is 28.6 Å². The lowest BCUT2D eigenvalue weighted by atomic mass is 9.83. The van der Waals surface area contributed by atoms with E-state index in [1.807, 2.05) is 13.0 Å². The lowest BCUT2D eigenvalue weighted by Crippen LogP contribution is -2.41. The Kier molecular flexibility index (Phi) is 4.25. The molecule has 1 aliphatic rings. The molecule has 1 fully saturated rings. The fraction of sp³-hybridized carbons (Fsp3) is 0.429. The van der Waals surface area contributed by atoms with Crippen LogP contribution >= 0.6 is 11.6 Å². The monoisotopic (exact) mass is 323 g/mol. The largest absolute Gasteiger partial charge is 0.244 e. The van der Waals surface area contributed by atoms with Gasteiger partial charge in [-0.3, -0.25) is 0 Å². The molecule has 110 valence electrons. The van der Waals surface area contributed by atoms with Gasteiger partial charge in [0.25, 0.3) is 0 Å². The number of sulfonamides is 1. The third-order valence-electron chi connectivity index (χ3n) is 3.77. The summed E-state index contributed by atoms with van der Waals surface area (Å²) in [6.07, 6.45) is 0.969. The van der Waals surface area contributed by atoms with Crippen LogP contribution in [0.1, 0.15) is 25.3 Å². The van der Waals surface area contributed by atoms with Crippen molar-refractivity contribution in [2.45, 2.75) is 24.7 Å². The predicted molar refractivity (Wildman–Crippen MR) is 77.9 cm³/mol. The fourth-order valence-electron chi connectivity index (χ4n) is 2.24. The van der Waals surface area contributed by atoms with E-state index in [9.17, 15) is 8.42 Å². The number of nitrogens with zero attached hydrogens (tertiary/aromatic N) is 3. The van der Waals surface area contributed by atoms with Crippen LogP contribution < -0.4 is 0 Å². The SMILES string of the molecule is CC1(C#N)CCN(S(=O)(=O)c2cc(C#N)ccc2Cl)CC1. The molecule has 2 rings (SSSR count). The van der Waals surface area contributed by atoms with Gasteiger partial charge >= 0.3 is 0 Å². The molecule has 1 saturated heterocycles. The van der Waals surface area contributed by atoms with Crippen LogP contribution in [0.25, 0.3) is 0 Å². The van der Waals surface area contributed by atoms with E-state index in [0.717, 1.165) is 0 Å². The van der Waals surface area contributed by atoms with Crippen molar-refractivity contribution in [1.29, 1.82) is 10.5 Å². The van der Waals surface area contributed by atoms with Gasteiger partial charge in [0.15, 0.2) is 0 Å². The number of piperidine rings is 1. The number of halogens is 1. The highest BCUT2D eigenvalue weighted by Crippen LogP contribution is 2.34. The number of benzene rings is 1. The maximum atomic E-state index is 12.6. The molecule has 0 radical (unpaired) electrons. The number of hydrogen-bond donors (Lipinski definition) is 0. The molecule has 0 bridgehead atoms. The van der Waals surface area contributed by atoms with Crippen LogP contribution in [-0.4, -0.2) is 25.8 Å². The Morgan fingerprint density at radius 1 is 1.29 bits per heavy atom. The van der Waals surface area contributed by atoms with E-state index in [2.05, 4.69) is 6.07 Å². The topological polar surface area (TPSA) is 85.0 Å². The summed E-state index contributed by atoms with van der Waals surface area (Å²) >= 11 is 5.97. The summed E-state index contributed by atoms with van der Waals surface area (Å²) in [5, 5.41) is 18.1. The van der Waals surface area contributed by atoms with Crippen LogP contribution in [0.2, 0.25) is 5.02 Å². The predicted octanol–water partition coefficient (Wildman–Crippen LogP) is 2.53.